The van der Waals surface area contributed by atoms with Crippen molar-refractivity contribution in [3.8, 4) is 0 Å². The van der Waals surface area contributed by atoms with Crippen molar-refractivity contribution in [3.63, 3.8) is 0 Å². The highest BCUT2D eigenvalue weighted by atomic mass is 79.9. The molecule has 0 saturated heterocycles. The Morgan fingerprint density at radius 1 is 1.50 bits per heavy atom. The van der Waals surface area contributed by atoms with Crippen LogP contribution in [0.25, 0.3) is 0 Å². The Morgan fingerprint density at radius 3 is 2.64 bits per heavy atom. The van der Waals surface area contributed by atoms with Gasteiger partial charge in [0.25, 0.3) is 0 Å². The molecule has 3 heteroatoms. The molecular weight excluding hydrogens is 280 g/mol. The first-order valence-corrected chi connectivity index (χ1v) is 7.21. The molecule has 0 aromatic carbocycles. The highest BCUT2D eigenvalue weighted by molar-refractivity contribution is 9.09. The van der Waals surface area contributed by atoms with Crippen molar-refractivity contribution in [1.82, 2.24) is 0 Å². The zero-order valence-corrected chi connectivity index (χ0v) is 11.8. The van der Waals surface area contributed by atoms with Crippen LogP contribution < -0.4 is 0 Å². The largest absolute Gasteiger partial charge is 0.128 e. The monoisotopic (exact) mass is 294 g/mol. The van der Waals surface area contributed by atoms with E-state index in [0.29, 0.717) is 5.41 Å². The summed E-state index contributed by atoms with van der Waals surface area (Å²) in [4.78, 5) is 1.39. The number of hydrogen-bond donors (Lipinski definition) is 0. The van der Waals surface area contributed by atoms with Crippen LogP contribution in [0, 0.1) is 5.41 Å². The van der Waals surface area contributed by atoms with Gasteiger partial charge in [-0.25, -0.2) is 0 Å². The normalized spacial score (nSPS) is 15.4. The minimum Gasteiger partial charge on any atom is -0.128 e. The van der Waals surface area contributed by atoms with Gasteiger partial charge in [0.15, 0.2) is 0 Å². The van der Waals surface area contributed by atoms with Crippen molar-refractivity contribution in [3.05, 3.63) is 21.3 Å². The molecule has 0 radical (unpaired) electrons. The Balaban J connectivity index is 2.64. The van der Waals surface area contributed by atoms with Gasteiger partial charge in [0, 0.05) is 10.2 Å². The molecule has 1 aromatic rings. The van der Waals surface area contributed by atoms with Gasteiger partial charge in [-0.2, -0.15) is 0 Å². The maximum absolute atomic E-state index is 5.92. The van der Waals surface area contributed by atoms with Gasteiger partial charge in [0.05, 0.1) is 4.34 Å². The van der Waals surface area contributed by atoms with Crippen molar-refractivity contribution in [2.24, 2.45) is 5.41 Å². The summed E-state index contributed by atoms with van der Waals surface area (Å²) in [7, 11) is 0. The van der Waals surface area contributed by atoms with E-state index in [1.165, 1.54) is 17.7 Å². The quantitative estimate of drug-likeness (QED) is 0.659. The van der Waals surface area contributed by atoms with Crippen LogP contribution in [0.5, 0.6) is 0 Å². The minimum atomic E-state index is 0.378. The Morgan fingerprint density at radius 2 is 2.21 bits per heavy atom. The molecule has 80 valence electrons. The Bertz CT molecular complexity index is 285. The minimum absolute atomic E-state index is 0.378. The Hall–Kier alpha value is 0.470. The molecule has 0 nitrogen and oxygen atoms in total. The zero-order valence-electron chi connectivity index (χ0n) is 8.65. The summed E-state index contributed by atoms with van der Waals surface area (Å²) in [5.74, 6) is 0. The van der Waals surface area contributed by atoms with Crippen LogP contribution in [0.4, 0.5) is 0 Å². The molecule has 14 heavy (non-hydrogen) atoms. The van der Waals surface area contributed by atoms with E-state index in [-0.39, 0.29) is 0 Å². The summed E-state index contributed by atoms with van der Waals surface area (Å²) in [5, 5.41) is 1.06. The zero-order chi connectivity index (χ0) is 10.6. The van der Waals surface area contributed by atoms with Gasteiger partial charge >= 0.3 is 0 Å². The third kappa shape index (κ3) is 3.56. The van der Waals surface area contributed by atoms with Crippen molar-refractivity contribution < 1.29 is 0 Å². The van der Waals surface area contributed by atoms with Crippen LogP contribution >= 0.6 is 38.9 Å². The number of rotatable bonds is 5. The van der Waals surface area contributed by atoms with E-state index < -0.39 is 0 Å². The van der Waals surface area contributed by atoms with Crippen LogP contribution in [0.2, 0.25) is 4.34 Å². The highest BCUT2D eigenvalue weighted by Crippen LogP contribution is 2.33. The lowest BCUT2D eigenvalue weighted by Gasteiger charge is -2.26. The standard InChI is InChI=1S/C11H16BrClS/c1-3-6-11(2,8-12)7-9-4-5-10(13)14-9/h4-5H,3,6-8H2,1-2H3. The number of thiophene rings is 1. The second-order valence-electron chi connectivity index (χ2n) is 4.08. The van der Waals surface area contributed by atoms with Crippen molar-refractivity contribution >= 4 is 38.9 Å². The molecule has 1 atom stereocenters. The number of alkyl halides is 1. The van der Waals surface area contributed by atoms with Gasteiger partial charge in [-0.3, -0.25) is 0 Å². The van der Waals surface area contributed by atoms with E-state index in [9.17, 15) is 0 Å². The summed E-state index contributed by atoms with van der Waals surface area (Å²) in [6.45, 7) is 4.57. The van der Waals surface area contributed by atoms with Crippen LogP contribution in [0.3, 0.4) is 0 Å². The molecule has 0 amide bonds. The van der Waals surface area contributed by atoms with Crippen LogP contribution in [0.15, 0.2) is 12.1 Å². The van der Waals surface area contributed by atoms with Crippen molar-refractivity contribution in [2.45, 2.75) is 33.1 Å². The maximum atomic E-state index is 5.92. The predicted octanol–water partition coefficient (Wildman–Crippen LogP) is 5.15. The fraction of sp³-hybridized carbons (Fsp3) is 0.636. The summed E-state index contributed by atoms with van der Waals surface area (Å²) in [6, 6.07) is 4.13. The molecule has 0 aliphatic carbocycles. The van der Waals surface area contributed by atoms with Gasteiger partial charge < -0.3 is 0 Å². The van der Waals surface area contributed by atoms with Gasteiger partial charge in [0.2, 0.25) is 0 Å². The molecule has 0 aliphatic rings. The average molecular weight is 296 g/mol. The third-order valence-corrected chi connectivity index (χ3v) is 4.99. The molecule has 1 heterocycles. The third-order valence-electron chi connectivity index (χ3n) is 2.41. The molecule has 0 bridgehead atoms. The van der Waals surface area contributed by atoms with Gasteiger partial charge in [-0.15, -0.1) is 11.3 Å². The van der Waals surface area contributed by atoms with E-state index >= 15 is 0 Å². The predicted molar refractivity (Wildman–Crippen MR) is 69.8 cm³/mol. The Kier molecular flexibility index (Phi) is 4.95. The summed E-state index contributed by atoms with van der Waals surface area (Å²) in [5.41, 5.74) is 0.378. The van der Waals surface area contributed by atoms with Crippen molar-refractivity contribution in [1.29, 1.82) is 0 Å². The Labute approximate surface area is 104 Å². The van der Waals surface area contributed by atoms with Gasteiger partial charge in [-0.05, 0) is 30.4 Å². The molecule has 0 spiro atoms. The highest BCUT2D eigenvalue weighted by Gasteiger charge is 2.22. The van der Waals surface area contributed by atoms with Gasteiger partial charge in [0.1, 0.15) is 0 Å². The van der Waals surface area contributed by atoms with E-state index in [1.807, 2.05) is 6.07 Å². The van der Waals surface area contributed by atoms with E-state index in [4.69, 9.17) is 11.6 Å². The lowest BCUT2D eigenvalue weighted by Crippen LogP contribution is -2.20. The second kappa shape index (κ2) is 5.53. The first-order chi connectivity index (χ1) is 6.59. The van der Waals surface area contributed by atoms with Crippen LogP contribution in [-0.2, 0) is 6.42 Å². The fourth-order valence-electron chi connectivity index (χ4n) is 1.67. The molecule has 0 saturated carbocycles. The van der Waals surface area contributed by atoms with E-state index in [1.54, 1.807) is 11.3 Å². The molecule has 1 aromatic heterocycles. The van der Waals surface area contributed by atoms with Gasteiger partial charge in [-0.1, -0.05) is 47.8 Å². The fourth-order valence-corrected chi connectivity index (χ4v) is 3.46. The topological polar surface area (TPSA) is 0 Å². The van der Waals surface area contributed by atoms with Crippen molar-refractivity contribution in [2.75, 3.05) is 5.33 Å². The summed E-state index contributed by atoms with van der Waals surface area (Å²) in [6.07, 6.45) is 3.62. The summed E-state index contributed by atoms with van der Waals surface area (Å²) < 4.78 is 0.897. The summed E-state index contributed by atoms with van der Waals surface area (Å²) >= 11 is 11.2. The molecule has 0 fully saturated rings. The average Bonchev–Trinajstić information content (AvgIpc) is 2.51. The molecule has 0 aliphatic heterocycles. The molecule has 1 rings (SSSR count). The second-order valence-corrected chi connectivity index (χ2v) is 6.44. The first-order valence-electron chi connectivity index (χ1n) is 4.90. The number of halogens is 2. The van der Waals surface area contributed by atoms with E-state index in [2.05, 4.69) is 35.8 Å². The molecule has 0 N–H and O–H groups in total. The van der Waals surface area contributed by atoms with E-state index in [0.717, 1.165) is 16.1 Å². The van der Waals surface area contributed by atoms with Crippen LogP contribution in [-0.4, -0.2) is 5.33 Å². The van der Waals surface area contributed by atoms with Crippen LogP contribution in [0.1, 0.15) is 31.6 Å². The lowest BCUT2D eigenvalue weighted by molar-refractivity contribution is 0.343. The first kappa shape index (κ1) is 12.5. The SMILES string of the molecule is CCCC(C)(CBr)Cc1ccc(Cl)s1. The number of hydrogen-bond acceptors (Lipinski definition) is 1. The molecule has 1 unspecified atom stereocenters. The molecular formula is C11H16BrClS. The lowest BCUT2D eigenvalue weighted by atomic mass is 9.84. The smallest absolute Gasteiger partial charge is 0.0931 e. The maximum Gasteiger partial charge on any atom is 0.0931 e.